The van der Waals surface area contributed by atoms with Crippen LogP contribution in [0.25, 0.3) is 11.0 Å². The Hall–Kier alpha value is -3.64. The number of hydrogen-bond donors (Lipinski definition) is 2. The van der Waals surface area contributed by atoms with Crippen LogP contribution < -0.4 is 16.6 Å². The summed E-state index contributed by atoms with van der Waals surface area (Å²) >= 11 is 0. The molecule has 1 aromatic carbocycles. The average molecular weight is 458 g/mol. The Bertz CT molecular complexity index is 1320. The SMILES string of the molecule is O=C(Nc1cc(C(F)(F)F)cc(C(F)(F)F)c1)c1cnc2c(c1)c(=O)[nH]c(=O)n2C1CC1. The number of halogens is 6. The van der Waals surface area contributed by atoms with Gasteiger partial charge in [-0.25, -0.2) is 9.78 Å². The van der Waals surface area contributed by atoms with Gasteiger partial charge in [-0.05, 0) is 37.1 Å². The van der Waals surface area contributed by atoms with Crippen LogP contribution in [0.15, 0.2) is 40.1 Å². The van der Waals surface area contributed by atoms with Gasteiger partial charge in [0, 0.05) is 17.9 Å². The molecule has 2 heterocycles. The number of carbonyl (C=O) groups excluding carboxylic acids is 1. The van der Waals surface area contributed by atoms with Gasteiger partial charge in [-0.15, -0.1) is 0 Å². The second kappa shape index (κ2) is 7.21. The number of nitrogens with one attached hydrogen (secondary N) is 2. The molecule has 1 aliphatic carbocycles. The van der Waals surface area contributed by atoms with E-state index in [1.807, 2.05) is 5.32 Å². The van der Waals surface area contributed by atoms with Crippen molar-refractivity contribution >= 4 is 22.6 Å². The van der Waals surface area contributed by atoms with E-state index in [4.69, 9.17) is 0 Å². The molecule has 1 aliphatic rings. The lowest BCUT2D eigenvalue weighted by atomic mass is 10.1. The molecule has 0 spiro atoms. The molecule has 0 unspecified atom stereocenters. The molecule has 2 aromatic heterocycles. The summed E-state index contributed by atoms with van der Waals surface area (Å²) in [7, 11) is 0. The van der Waals surface area contributed by atoms with Crippen molar-refractivity contribution in [3.63, 3.8) is 0 Å². The number of anilines is 1. The van der Waals surface area contributed by atoms with Crippen molar-refractivity contribution in [2.45, 2.75) is 31.2 Å². The van der Waals surface area contributed by atoms with Gasteiger partial charge in [0.15, 0.2) is 0 Å². The molecule has 4 rings (SSSR count). The Kier molecular flexibility index (Phi) is 4.86. The van der Waals surface area contributed by atoms with E-state index >= 15 is 0 Å². The topological polar surface area (TPSA) is 96.8 Å². The summed E-state index contributed by atoms with van der Waals surface area (Å²) in [5, 5.41) is 1.85. The van der Waals surface area contributed by atoms with Crippen molar-refractivity contribution in [2.24, 2.45) is 0 Å². The van der Waals surface area contributed by atoms with Gasteiger partial charge < -0.3 is 5.32 Å². The molecule has 0 bridgehead atoms. The summed E-state index contributed by atoms with van der Waals surface area (Å²) in [5.74, 6) is -1.09. The van der Waals surface area contributed by atoms with Crippen LogP contribution in [0.1, 0.15) is 40.4 Å². The molecular formula is C19H12F6N4O3. The third kappa shape index (κ3) is 4.09. The first-order valence-electron chi connectivity index (χ1n) is 9.10. The number of fused-ring (bicyclic) bond motifs is 1. The third-order valence-electron chi connectivity index (χ3n) is 4.80. The Morgan fingerprint density at radius 2 is 1.59 bits per heavy atom. The van der Waals surface area contributed by atoms with Gasteiger partial charge in [-0.3, -0.25) is 19.1 Å². The smallest absolute Gasteiger partial charge is 0.322 e. The molecule has 32 heavy (non-hydrogen) atoms. The molecule has 1 amide bonds. The molecule has 1 saturated carbocycles. The molecule has 1 fully saturated rings. The number of benzene rings is 1. The summed E-state index contributed by atoms with van der Waals surface area (Å²) in [6.45, 7) is 0. The van der Waals surface area contributed by atoms with Crippen LogP contribution in [0.5, 0.6) is 0 Å². The summed E-state index contributed by atoms with van der Waals surface area (Å²) < 4.78 is 79.3. The minimum absolute atomic E-state index is 0.0243. The second-order valence-electron chi connectivity index (χ2n) is 7.20. The van der Waals surface area contributed by atoms with E-state index in [1.54, 1.807) is 0 Å². The molecule has 0 atom stereocenters. The van der Waals surface area contributed by atoms with Crippen LogP contribution in [0.3, 0.4) is 0 Å². The molecule has 0 radical (unpaired) electrons. The van der Waals surface area contributed by atoms with E-state index in [0.717, 1.165) is 12.3 Å². The van der Waals surface area contributed by atoms with E-state index in [1.165, 1.54) is 4.57 Å². The van der Waals surface area contributed by atoms with Crippen LogP contribution >= 0.6 is 0 Å². The first-order chi connectivity index (χ1) is 14.8. The van der Waals surface area contributed by atoms with Gasteiger partial charge in [0.2, 0.25) is 0 Å². The maximum absolute atomic E-state index is 13.0. The fraction of sp³-hybridized carbons (Fsp3) is 0.263. The number of aromatic nitrogens is 3. The van der Waals surface area contributed by atoms with Crippen LogP contribution in [-0.4, -0.2) is 20.4 Å². The van der Waals surface area contributed by atoms with Gasteiger partial charge in [0.1, 0.15) is 5.65 Å². The van der Waals surface area contributed by atoms with Crippen LogP contribution in [-0.2, 0) is 12.4 Å². The highest BCUT2D eigenvalue weighted by Crippen LogP contribution is 2.38. The fourth-order valence-electron chi connectivity index (χ4n) is 3.16. The molecule has 3 aromatic rings. The number of pyridine rings is 1. The normalized spacial score (nSPS) is 14.6. The van der Waals surface area contributed by atoms with E-state index in [-0.39, 0.29) is 28.7 Å². The largest absolute Gasteiger partial charge is 0.416 e. The first-order valence-corrected chi connectivity index (χ1v) is 9.10. The van der Waals surface area contributed by atoms with Gasteiger partial charge in [-0.1, -0.05) is 0 Å². The summed E-state index contributed by atoms with van der Waals surface area (Å²) in [4.78, 5) is 42.7. The van der Waals surface area contributed by atoms with Crippen molar-refractivity contribution in [1.82, 2.24) is 14.5 Å². The predicted molar refractivity (Wildman–Crippen MR) is 99.3 cm³/mol. The maximum atomic E-state index is 13.0. The number of nitrogens with zero attached hydrogens (tertiary/aromatic N) is 2. The highest BCUT2D eigenvalue weighted by molar-refractivity contribution is 6.05. The minimum Gasteiger partial charge on any atom is -0.322 e. The number of aromatic amines is 1. The lowest BCUT2D eigenvalue weighted by Gasteiger charge is -2.15. The number of H-pyrrole nitrogens is 1. The Balaban J connectivity index is 1.73. The van der Waals surface area contributed by atoms with Crippen molar-refractivity contribution < 1.29 is 31.1 Å². The highest BCUT2D eigenvalue weighted by Gasteiger charge is 2.37. The summed E-state index contributed by atoms with van der Waals surface area (Å²) in [5.41, 5.74) is -5.70. The first kappa shape index (κ1) is 21.6. The lowest BCUT2D eigenvalue weighted by molar-refractivity contribution is -0.143. The zero-order valence-electron chi connectivity index (χ0n) is 15.8. The van der Waals surface area contributed by atoms with Crippen LogP contribution in [0.2, 0.25) is 0 Å². The lowest BCUT2D eigenvalue weighted by Crippen LogP contribution is -2.30. The standard InChI is InChI=1S/C19H12F6N4O3/c20-18(21,22)9-4-10(19(23,24)25)6-11(5-9)27-15(30)8-3-13-14(26-7-8)29(12-1-2-12)17(32)28-16(13)31/h3-7,12H,1-2H2,(H,27,30)(H,28,31,32). The zero-order valence-corrected chi connectivity index (χ0v) is 15.8. The Morgan fingerprint density at radius 1 is 1.00 bits per heavy atom. The fourth-order valence-corrected chi connectivity index (χ4v) is 3.16. The quantitative estimate of drug-likeness (QED) is 0.585. The Morgan fingerprint density at radius 3 is 2.12 bits per heavy atom. The van der Waals surface area contributed by atoms with Gasteiger partial charge in [0.05, 0.1) is 22.1 Å². The molecule has 0 saturated heterocycles. The van der Waals surface area contributed by atoms with Gasteiger partial charge >= 0.3 is 18.0 Å². The predicted octanol–water partition coefficient (Wildman–Crippen LogP) is 3.71. The Labute approximate surface area is 173 Å². The van der Waals surface area contributed by atoms with E-state index < -0.39 is 46.3 Å². The van der Waals surface area contributed by atoms with Crippen molar-refractivity contribution in [3.8, 4) is 0 Å². The molecule has 13 heteroatoms. The number of rotatable bonds is 3. The third-order valence-corrected chi connectivity index (χ3v) is 4.80. The van der Waals surface area contributed by atoms with E-state index in [0.29, 0.717) is 25.0 Å². The summed E-state index contributed by atoms with van der Waals surface area (Å²) in [6, 6.07) is 1.56. The summed E-state index contributed by atoms with van der Waals surface area (Å²) in [6.07, 6.45) is -7.78. The molecular weight excluding hydrogens is 446 g/mol. The minimum atomic E-state index is -5.08. The highest BCUT2D eigenvalue weighted by atomic mass is 19.4. The number of carbonyl (C=O) groups is 1. The van der Waals surface area contributed by atoms with Crippen LogP contribution in [0, 0.1) is 0 Å². The van der Waals surface area contributed by atoms with Crippen molar-refractivity contribution in [1.29, 1.82) is 0 Å². The number of hydrogen-bond acceptors (Lipinski definition) is 4. The van der Waals surface area contributed by atoms with Crippen LogP contribution in [0.4, 0.5) is 32.0 Å². The monoisotopic (exact) mass is 458 g/mol. The van der Waals surface area contributed by atoms with Gasteiger partial charge in [0.25, 0.3) is 11.5 Å². The number of alkyl halides is 6. The average Bonchev–Trinajstić information content (AvgIpc) is 3.51. The van der Waals surface area contributed by atoms with E-state index in [9.17, 15) is 40.7 Å². The molecule has 0 aliphatic heterocycles. The number of amides is 1. The second-order valence-corrected chi connectivity index (χ2v) is 7.20. The van der Waals surface area contributed by atoms with Crippen molar-refractivity contribution in [3.05, 3.63) is 68.0 Å². The van der Waals surface area contributed by atoms with Gasteiger partial charge in [-0.2, -0.15) is 26.3 Å². The maximum Gasteiger partial charge on any atom is 0.416 e. The molecule has 168 valence electrons. The molecule has 2 N–H and O–H groups in total. The van der Waals surface area contributed by atoms with E-state index in [2.05, 4.69) is 9.97 Å². The molecule has 7 nitrogen and oxygen atoms in total. The van der Waals surface area contributed by atoms with Crippen molar-refractivity contribution in [2.75, 3.05) is 5.32 Å². The zero-order chi connectivity index (χ0) is 23.4.